The number of Topliss-reactive ketones (excluding diaryl/α,β-unsaturated/α-hetero) is 1. The number of hydrogen-bond acceptors (Lipinski definition) is 5. The first-order chi connectivity index (χ1) is 14.0. The smallest absolute Gasteiger partial charge is 0.223 e. The fourth-order valence-corrected chi connectivity index (χ4v) is 5.15. The van der Waals surface area contributed by atoms with E-state index < -0.39 is 0 Å². The summed E-state index contributed by atoms with van der Waals surface area (Å²) in [6.45, 7) is 6.02. The van der Waals surface area contributed by atoms with Crippen molar-refractivity contribution >= 4 is 23.0 Å². The van der Waals surface area contributed by atoms with E-state index in [0.717, 1.165) is 58.2 Å². The van der Waals surface area contributed by atoms with Crippen LogP contribution in [0, 0.1) is 13.8 Å². The molecule has 2 aliphatic heterocycles. The van der Waals surface area contributed by atoms with E-state index in [9.17, 15) is 9.59 Å². The van der Waals surface area contributed by atoms with Crippen LogP contribution in [-0.2, 0) is 4.79 Å². The highest BCUT2D eigenvalue weighted by atomic mass is 32.1. The second-order valence-electron chi connectivity index (χ2n) is 7.75. The fraction of sp³-hybridized carbons (Fsp3) is 0.478. The van der Waals surface area contributed by atoms with Crippen molar-refractivity contribution < 1.29 is 19.1 Å². The number of amides is 1. The van der Waals surface area contributed by atoms with Gasteiger partial charge in [0.1, 0.15) is 0 Å². The van der Waals surface area contributed by atoms with Gasteiger partial charge in [-0.15, -0.1) is 11.3 Å². The number of fused-ring (bicyclic) bond motifs is 1. The lowest BCUT2D eigenvalue weighted by Gasteiger charge is -2.25. The van der Waals surface area contributed by atoms with Crippen molar-refractivity contribution in [1.29, 1.82) is 0 Å². The third kappa shape index (κ3) is 4.32. The van der Waals surface area contributed by atoms with Gasteiger partial charge in [-0.05, 0) is 50.5 Å². The molecule has 0 radical (unpaired) electrons. The van der Waals surface area contributed by atoms with Gasteiger partial charge in [0.15, 0.2) is 17.3 Å². The summed E-state index contributed by atoms with van der Waals surface area (Å²) in [6.07, 6.45) is 3.30. The summed E-state index contributed by atoms with van der Waals surface area (Å²) in [5.74, 6) is 1.65. The Balaban J connectivity index is 1.43. The van der Waals surface area contributed by atoms with Crippen LogP contribution in [-0.4, -0.2) is 36.3 Å². The van der Waals surface area contributed by atoms with E-state index >= 15 is 0 Å². The molecular formula is C23H27NO4S. The number of aryl methyl sites for hydroxylation is 2. The van der Waals surface area contributed by atoms with Crippen molar-refractivity contribution in [2.75, 3.05) is 19.8 Å². The summed E-state index contributed by atoms with van der Waals surface area (Å²) in [4.78, 5) is 29.6. The third-order valence-corrected chi connectivity index (χ3v) is 6.60. The zero-order valence-electron chi connectivity index (χ0n) is 17.0. The second-order valence-corrected chi connectivity index (χ2v) is 9.21. The van der Waals surface area contributed by atoms with Gasteiger partial charge in [-0.3, -0.25) is 9.59 Å². The quantitative estimate of drug-likeness (QED) is 0.658. The van der Waals surface area contributed by atoms with Gasteiger partial charge < -0.3 is 14.4 Å². The first kappa shape index (κ1) is 20.0. The lowest BCUT2D eigenvalue weighted by Crippen LogP contribution is -2.30. The average molecular weight is 414 g/mol. The highest BCUT2D eigenvalue weighted by Crippen LogP contribution is 2.38. The predicted octanol–water partition coefficient (Wildman–Crippen LogP) is 4.85. The zero-order valence-corrected chi connectivity index (χ0v) is 17.8. The van der Waals surface area contributed by atoms with Gasteiger partial charge in [0, 0.05) is 41.1 Å². The number of likely N-dealkylation sites (tertiary alicyclic amines) is 1. The molecular weight excluding hydrogens is 386 g/mol. The monoisotopic (exact) mass is 413 g/mol. The molecule has 1 saturated heterocycles. The van der Waals surface area contributed by atoms with Crippen LogP contribution in [0.4, 0.5) is 0 Å². The van der Waals surface area contributed by atoms with Crippen LogP contribution in [0.15, 0.2) is 24.3 Å². The number of ether oxygens (including phenoxy) is 2. The number of carbonyl (C=O) groups is 2. The molecule has 2 aromatic rings. The van der Waals surface area contributed by atoms with Gasteiger partial charge in [-0.2, -0.15) is 0 Å². The van der Waals surface area contributed by atoms with E-state index in [1.165, 1.54) is 0 Å². The Bertz CT molecular complexity index is 920. The van der Waals surface area contributed by atoms with Crippen molar-refractivity contribution in [3.8, 4) is 11.5 Å². The largest absolute Gasteiger partial charge is 0.490 e. The molecule has 6 heteroatoms. The standard InChI is InChI=1S/C23H27NO4S/c1-15-13-18(16(2)29-15)20(25)7-9-23(26)24-10-3-5-19(24)17-6-8-21-22(14-17)28-12-4-11-27-21/h6,8,13-14,19H,3-5,7,9-12H2,1-2H3/t19-/m1/s1. The Morgan fingerprint density at radius 2 is 1.86 bits per heavy atom. The highest BCUT2D eigenvalue weighted by Gasteiger charge is 2.31. The molecule has 1 aromatic carbocycles. The first-order valence-electron chi connectivity index (χ1n) is 10.3. The molecule has 0 bridgehead atoms. The van der Waals surface area contributed by atoms with Gasteiger partial charge in [0.25, 0.3) is 0 Å². The van der Waals surface area contributed by atoms with Crippen LogP contribution in [0.25, 0.3) is 0 Å². The average Bonchev–Trinajstić information content (AvgIpc) is 3.25. The maximum Gasteiger partial charge on any atom is 0.223 e. The summed E-state index contributed by atoms with van der Waals surface area (Å²) >= 11 is 1.63. The number of benzene rings is 1. The van der Waals surface area contributed by atoms with Crippen molar-refractivity contribution in [2.24, 2.45) is 0 Å². The number of ketones is 1. The SMILES string of the molecule is Cc1cc(C(=O)CCC(=O)N2CCC[C@@H]2c2ccc3c(c2)OCCCO3)c(C)s1. The minimum Gasteiger partial charge on any atom is -0.490 e. The van der Waals surface area contributed by atoms with Crippen molar-refractivity contribution in [1.82, 2.24) is 4.90 Å². The highest BCUT2D eigenvalue weighted by molar-refractivity contribution is 7.12. The molecule has 0 N–H and O–H groups in total. The molecule has 2 aliphatic rings. The molecule has 1 atom stereocenters. The number of hydrogen-bond donors (Lipinski definition) is 0. The molecule has 0 unspecified atom stereocenters. The third-order valence-electron chi connectivity index (χ3n) is 5.64. The molecule has 29 heavy (non-hydrogen) atoms. The molecule has 0 saturated carbocycles. The van der Waals surface area contributed by atoms with Gasteiger partial charge in [0.05, 0.1) is 19.3 Å². The zero-order chi connectivity index (χ0) is 20.4. The number of rotatable bonds is 5. The van der Waals surface area contributed by atoms with E-state index in [4.69, 9.17) is 9.47 Å². The Kier molecular flexibility index (Phi) is 5.90. The lowest BCUT2D eigenvalue weighted by molar-refractivity contribution is -0.132. The minimum atomic E-state index is 0.0416. The maximum absolute atomic E-state index is 12.9. The fourth-order valence-electron chi connectivity index (χ4n) is 4.21. The van der Waals surface area contributed by atoms with Crippen LogP contribution in [0.3, 0.4) is 0 Å². The number of thiophene rings is 1. The summed E-state index contributed by atoms with van der Waals surface area (Å²) in [5.41, 5.74) is 1.84. The number of nitrogens with zero attached hydrogens (tertiary/aromatic N) is 1. The van der Waals surface area contributed by atoms with Crippen LogP contribution >= 0.6 is 11.3 Å². The predicted molar refractivity (Wildman–Crippen MR) is 113 cm³/mol. The molecule has 1 aromatic heterocycles. The van der Waals surface area contributed by atoms with Crippen molar-refractivity contribution in [2.45, 2.75) is 52.0 Å². The van der Waals surface area contributed by atoms with E-state index in [2.05, 4.69) is 0 Å². The molecule has 0 aliphatic carbocycles. The molecule has 154 valence electrons. The molecule has 4 rings (SSSR count). The Labute approximate surface area is 175 Å². The van der Waals surface area contributed by atoms with Gasteiger partial charge in [0.2, 0.25) is 5.91 Å². The molecule has 1 fully saturated rings. The number of carbonyl (C=O) groups excluding carboxylic acids is 2. The molecule has 0 spiro atoms. The van der Waals surface area contributed by atoms with E-state index in [0.29, 0.717) is 13.2 Å². The van der Waals surface area contributed by atoms with Crippen molar-refractivity contribution in [3.05, 3.63) is 45.1 Å². The van der Waals surface area contributed by atoms with E-state index in [1.807, 2.05) is 43.0 Å². The molecule has 1 amide bonds. The summed E-state index contributed by atoms with van der Waals surface area (Å²) < 4.78 is 11.5. The Morgan fingerprint density at radius 3 is 2.62 bits per heavy atom. The van der Waals surface area contributed by atoms with Crippen LogP contribution in [0.1, 0.15) is 63.8 Å². The lowest BCUT2D eigenvalue weighted by atomic mass is 10.0. The Morgan fingerprint density at radius 1 is 1.07 bits per heavy atom. The molecule has 3 heterocycles. The van der Waals surface area contributed by atoms with Crippen molar-refractivity contribution in [3.63, 3.8) is 0 Å². The topological polar surface area (TPSA) is 55.8 Å². The Hall–Kier alpha value is -2.34. The van der Waals surface area contributed by atoms with Crippen LogP contribution < -0.4 is 9.47 Å². The summed E-state index contributed by atoms with van der Waals surface area (Å²) in [5, 5.41) is 0. The van der Waals surface area contributed by atoms with E-state index in [-0.39, 0.29) is 30.6 Å². The van der Waals surface area contributed by atoms with Crippen LogP contribution in [0.5, 0.6) is 11.5 Å². The molecule has 5 nitrogen and oxygen atoms in total. The summed E-state index contributed by atoms with van der Waals surface area (Å²) in [7, 11) is 0. The summed E-state index contributed by atoms with van der Waals surface area (Å²) in [6, 6.07) is 7.97. The minimum absolute atomic E-state index is 0.0416. The normalized spacial score (nSPS) is 18.6. The van der Waals surface area contributed by atoms with Gasteiger partial charge in [-0.1, -0.05) is 6.07 Å². The first-order valence-corrected chi connectivity index (χ1v) is 11.1. The maximum atomic E-state index is 12.9. The van der Waals surface area contributed by atoms with Gasteiger partial charge >= 0.3 is 0 Å². The second kappa shape index (κ2) is 8.57. The van der Waals surface area contributed by atoms with Crippen LogP contribution in [0.2, 0.25) is 0 Å². The van der Waals surface area contributed by atoms with E-state index in [1.54, 1.807) is 11.3 Å². The van der Waals surface area contributed by atoms with Gasteiger partial charge in [-0.25, -0.2) is 0 Å².